The van der Waals surface area contributed by atoms with Gasteiger partial charge in [0.05, 0.1) is 5.92 Å². The average Bonchev–Trinajstić information content (AvgIpc) is 3.00. The van der Waals surface area contributed by atoms with Crippen molar-refractivity contribution in [1.29, 1.82) is 0 Å². The molecule has 158 valence electrons. The van der Waals surface area contributed by atoms with Crippen LogP contribution in [0, 0.1) is 0 Å². The van der Waals surface area contributed by atoms with Gasteiger partial charge in [-0.1, -0.05) is 84.4 Å². The first-order chi connectivity index (χ1) is 14.8. The number of ether oxygens (including phenoxy) is 1. The van der Waals surface area contributed by atoms with Crippen molar-refractivity contribution >= 4 is 34.4 Å². The molecule has 0 bridgehead atoms. The number of carbonyl (C=O) groups excluding carboxylic acids is 1. The summed E-state index contributed by atoms with van der Waals surface area (Å²) in [5.74, 6) is 0.425. The summed E-state index contributed by atoms with van der Waals surface area (Å²) in [5, 5.41) is 0.602. The van der Waals surface area contributed by atoms with Crippen LogP contribution in [0.3, 0.4) is 0 Å². The number of hydrogen-bond acceptors (Lipinski definition) is 4. The maximum absolute atomic E-state index is 12.4. The highest BCUT2D eigenvalue weighted by atomic mass is 35.5. The van der Waals surface area contributed by atoms with E-state index in [2.05, 4.69) is 24.3 Å². The second-order valence-corrected chi connectivity index (χ2v) is 9.87. The zero-order valence-corrected chi connectivity index (χ0v) is 19.3. The average molecular weight is 450 g/mol. The molecule has 4 rings (SSSR count). The Hall–Kier alpha value is -2.56. The van der Waals surface area contributed by atoms with E-state index in [9.17, 15) is 4.79 Å². The maximum Gasteiger partial charge on any atom is 0.213 e. The summed E-state index contributed by atoms with van der Waals surface area (Å²) in [7, 11) is 0. The second kappa shape index (κ2) is 8.52. The molecule has 1 aliphatic heterocycles. The van der Waals surface area contributed by atoms with Gasteiger partial charge in [0.1, 0.15) is 5.54 Å². The molecule has 1 heterocycles. The number of nitrogens with zero attached hydrogens (tertiary/aromatic N) is 1. The van der Waals surface area contributed by atoms with Gasteiger partial charge in [-0.3, -0.25) is 4.79 Å². The van der Waals surface area contributed by atoms with E-state index in [-0.39, 0.29) is 11.0 Å². The zero-order valence-electron chi connectivity index (χ0n) is 17.7. The minimum atomic E-state index is -0.986. The van der Waals surface area contributed by atoms with Gasteiger partial charge in [-0.25, -0.2) is 4.99 Å². The number of carbonyl (C=O) groups is 1. The molecule has 0 saturated carbocycles. The van der Waals surface area contributed by atoms with Gasteiger partial charge in [0.15, 0.2) is 11.0 Å². The first-order valence-corrected chi connectivity index (χ1v) is 11.4. The highest BCUT2D eigenvalue weighted by Gasteiger charge is 2.57. The van der Waals surface area contributed by atoms with Crippen molar-refractivity contribution in [3.8, 4) is 0 Å². The van der Waals surface area contributed by atoms with Gasteiger partial charge in [-0.2, -0.15) is 0 Å². The van der Waals surface area contributed by atoms with Crippen molar-refractivity contribution in [2.45, 2.75) is 37.2 Å². The van der Waals surface area contributed by atoms with Crippen LogP contribution in [0.1, 0.15) is 43.4 Å². The Kier molecular flexibility index (Phi) is 5.96. The SMILES string of the molecule is CC(=O)SC1(c2ccc(Cl)cc2)OC(C(c2ccccc2)c2ccccc2)=NC1(C)C. The smallest absolute Gasteiger partial charge is 0.213 e. The van der Waals surface area contributed by atoms with Crippen LogP contribution in [0.5, 0.6) is 0 Å². The van der Waals surface area contributed by atoms with Crippen molar-refractivity contribution in [1.82, 2.24) is 0 Å². The summed E-state index contributed by atoms with van der Waals surface area (Å²) >= 11 is 7.30. The third-order valence-corrected chi connectivity index (χ3v) is 7.11. The van der Waals surface area contributed by atoms with E-state index in [0.29, 0.717) is 10.9 Å². The third kappa shape index (κ3) is 4.15. The number of halogens is 1. The number of aliphatic imine (C=N–C) groups is 1. The van der Waals surface area contributed by atoms with Crippen LogP contribution in [-0.2, 0) is 14.5 Å². The predicted molar refractivity (Wildman–Crippen MR) is 129 cm³/mol. The van der Waals surface area contributed by atoms with Crippen molar-refractivity contribution in [2.75, 3.05) is 0 Å². The van der Waals surface area contributed by atoms with E-state index >= 15 is 0 Å². The van der Waals surface area contributed by atoms with Crippen molar-refractivity contribution < 1.29 is 9.53 Å². The molecule has 1 aliphatic rings. The molecule has 3 aromatic carbocycles. The minimum Gasteiger partial charge on any atom is -0.455 e. The lowest BCUT2D eigenvalue weighted by Gasteiger charge is -2.37. The van der Waals surface area contributed by atoms with Gasteiger partial charge < -0.3 is 4.74 Å². The largest absolute Gasteiger partial charge is 0.455 e. The highest BCUT2D eigenvalue weighted by molar-refractivity contribution is 8.14. The van der Waals surface area contributed by atoms with Crippen LogP contribution in [-0.4, -0.2) is 16.6 Å². The Balaban J connectivity index is 1.85. The fraction of sp³-hybridized carbons (Fsp3) is 0.231. The molecule has 0 saturated heterocycles. The van der Waals surface area contributed by atoms with Crippen molar-refractivity contribution in [2.24, 2.45) is 4.99 Å². The quantitative estimate of drug-likeness (QED) is 0.429. The Labute approximate surface area is 192 Å². The Morgan fingerprint density at radius 2 is 1.42 bits per heavy atom. The first kappa shape index (κ1) is 21.7. The Morgan fingerprint density at radius 1 is 0.903 bits per heavy atom. The number of rotatable bonds is 5. The number of benzene rings is 3. The summed E-state index contributed by atoms with van der Waals surface area (Å²) in [6.07, 6.45) is 0. The molecule has 0 aromatic heterocycles. The summed E-state index contributed by atoms with van der Waals surface area (Å²) in [6.45, 7) is 5.58. The van der Waals surface area contributed by atoms with Gasteiger partial charge >= 0.3 is 0 Å². The molecule has 1 unspecified atom stereocenters. The minimum absolute atomic E-state index is 0.0320. The molecular formula is C26H24ClNO2S. The lowest BCUT2D eigenvalue weighted by molar-refractivity contribution is -0.109. The maximum atomic E-state index is 12.4. The van der Waals surface area contributed by atoms with Gasteiger partial charge in [0.25, 0.3) is 0 Å². The molecular weight excluding hydrogens is 426 g/mol. The van der Waals surface area contributed by atoms with E-state index in [1.807, 2.05) is 74.5 Å². The standard InChI is InChI=1S/C26H24ClNO2S/c1-18(29)31-26(21-14-16-22(27)17-15-21)25(2,3)28-24(30-26)23(19-10-6-4-7-11-19)20-12-8-5-9-13-20/h4-17,23H,1-3H3. The fourth-order valence-electron chi connectivity index (χ4n) is 4.02. The van der Waals surface area contributed by atoms with E-state index < -0.39 is 10.5 Å². The van der Waals surface area contributed by atoms with Crippen LogP contribution in [0.15, 0.2) is 89.9 Å². The molecule has 0 spiro atoms. The molecule has 1 atom stereocenters. The Morgan fingerprint density at radius 3 is 1.90 bits per heavy atom. The van der Waals surface area contributed by atoms with E-state index in [4.69, 9.17) is 21.3 Å². The molecule has 0 N–H and O–H groups in total. The van der Waals surface area contributed by atoms with Crippen molar-refractivity contribution in [3.05, 3.63) is 107 Å². The van der Waals surface area contributed by atoms with Gasteiger partial charge in [0.2, 0.25) is 4.93 Å². The van der Waals surface area contributed by atoms with E-state index in [1.54, 1.807) is 6.92 Å². The zero-order chi connectivity index (χ0) is 22.1. The normalized spacial score (nSPS) is 19.7. The monoisotopic (exact) mass is 449 g/mol. The number of thioether (sulfide) groups is 1. The first-order valence-electron chi connectivity index (χ1n) is 10.2. The lowest BCUT2D eigenvalue weighted by Crippen LogP contribution is -2.42. The van der Waals surface area contributed by atoms with Gasteiger partial charge in [0, 0.05) is 17.5 Å². The summed E-state index contributed by atoms with van der Waals surface area (Å²) in [4.78, 5) is 16.4. The summed E-state index contributed by atoms with van der Waals surface area (Å²) in [5.41, 5.74) is 2.35. The number of hydrogen-bond donors (Lipinski definition) is 0. The predicted octanol–water partition coefficient (Wildman–Crippen LogP) is 6.81. The summed E-state index contributed by atoms with van der Waals surface area (Å²) < 4.78 is 6.72. The molecule has 3 nitrogen and oxygen atoms in total. The molecule has 31 heavy (non-hydrogen) atoms. The van der Waals surface area contributed by atoms with Gasteiger partial charge in [-0.05, 0) is 48.9 Å². The highest BCUT2D eigenvalue weighted by Crippen LogP contribution is 2.54. The van der Waals surface area contributed by atoms with Crippen LogP contribution in [0.2, 0.25) is 5.02 Å². The molecule has 0 amide bonds. The van der Waals surface area contributed by atoms with Crippen LogP contribution in [0.25, 0.3) is 0 Å². The van der Waals surface area contributed by atoms with Crippen LogP contribution in [0.4, 0.5) is 0 Å². The molecule has 0 aliphatic carbocycles. The topological polar surface area (TPSA) is 38.7 Å². The van der Waals surface area contributed by atoms with Crippen LogP contribution < -0.4 is 0 Å². The fourth-order valence-corrected chi connectivity index (χ4v) is 5.23. The van der Waals surface area contributed by atoms with E-state index in [0.717, 1.165) is 16.7 Å². The molecule has 5 heteroatoms. The molecule has 0 radical (unpaired) electrons. The van der Waals surface area contributed by atoms with Crippen molar-refractivity contribution in [3.63, 3.8) is 0 Å². The third-order valence-electron chi connectivity index (χ3n) is 5.47. The van der Waals surface area contributed by atoms with Gasteiger partial charge in [-0.15, -0.1) is 0 Å². The van der Waals surface area contributed by atoms with E-state index in [1.165, 1.54) is 11.8 Å². The second-order valence-electron chi connectivity index (χ2n) is 8.08. The van der Waals surface area contributed by atoms with Crippen LogP contribution >= 0.6 is 23.4 Å². The Bertz CT molecular complexity index is 1060. The summed E-state index contributed by atoms with van der Waals surface area (Å²) in [6, 6.07) is 27.9. The lowest BCUT2D eigenvalue weighted by atomic mass is 9.91. The molecule has 0 fully saturated rings. The molecule has 3 aromatic rings.